The number of sulfonamides is 1. The molecule has 1 aliphatic rings. The normalized spacial score (nSPS) is 16.8. The fourth-order valence-electron chi connectivity index (χ4n) is 2.43. The van der Waals surface area contributed by atoms with Crippen molar-refractivity contribution in [1.29, 1.82) is 0 Å². The van der Waals surface area contributed by atoms with Crippen LogP contribution in [0.4, 0.5) is 0 Å². The fourth-order valence-corrected chi connectivity index (χ4v) is 5.54. The summed E-state index contributed by atoms with van der Waals surface area (Å²) in [5, 5.41) is 1.08. The van der Waals surface area contributed by atoms with Crippen LogP contribution in [0.25, 0.3) is 10.2 Å². The Hall–Kier alpha value is -1.16. The number of carbonyl (C=O) groups excluding carboxylic acids is 1. The Kier molecular flexibility index (Phi) is 4.64. The molecule has 0 N–H and O–H groups in total. The molecule has 1 amide bonds. The Labute approximate surface area is 144 Å². The summed E-state index contributed by atoms with van der Waals surface area (Å²) in [5.41, 5.74) is 0. The van der Waals surface area contributed by atoms with Gasteiger partial charge in [-0.3, -0.25) is 4.79 Å². The highest BCUT2D eigenvalue weighted by Gasteiger charge is 2.31. The van der Waals surface area contributed by atoms with Crippen LogP contribution in [-0.4, -0.2) is 62.5 Å². The van der Waals surface area contributed by atoms with E-state index < -0.39 is 10.0 Å². The summed E-state index contributed by atoms with van der Waals surface area (Å²) >= 11 is 6.94. The Morgan fingerprint density at radius 3 is 2.65 bits per heavy atom. The molecule has 0 spiro atoms. The average molecular weight is 370 g/mol. The maximum Gasteiger partial charge on any atom is 0.252 e. The van der Waals surface area contributed by atoms with Crippen LogP contribution < -0.4 is 0 Å². The molecule has 1 fully saturated rings. The maximum atomic E-state index is 12.7. The molecule has 1 saturated heterocycles. The first-order valence-corrected chi connectivity index (χ1v) is 9.59. The van der Waals surface area contributed by atoms with E-state index in [2.05, 4.69) is 4.98 Å². The van der Waals surface area contributed by atoms with Crippen molar-refractivity contribution in [2.24, 2.45) is 0 Å². The number of halogens is 1. The minimum Gasteiger partial charge on any atom is -0.341 e. The van der Waals surface area contributed by atoms with Crippen LogP contribution in [0.3, 0.4) is 0 Å². The smallest absolute Gasteiger partial charge is 0.252 e. The van der Waals surface area contributed by atoms with Gasteiger partial charge in [-0.05, 0) is 24.5 Å². The lowest BCUT2D eigenvalue weighted by Gasteiger charge is -2.33. The van der Waals surface area contributed by atoms with E-state index in [0.717, 1.165) is 16.7 Å². The van der Waals surface area contributed by atoms with Crippen LogP contribution in [0.1, 0.15) is 0 Å². The predicted octanol–water partition coefficient (Wildman–Crippen LogP) is 1.37. The van der Waals surface area contributed by atoms with Crippen LogP contribution >= 0.6 is 22.9 Å². The van der Waals surface area contributed by atoms with E-state index in [4.69, 9.17) is 19.4 Å². The van der Waals surface area contributed by atoms with E-state index in [1.165, 1.54) is 4.31 Å². The number of carbonyl (C=O) groups is 1. The quantitative estimate of drug-likeness (QED) is 0.605. The van der Waals surface area contributed by atoms with Crippen LogP contribution in [0.5, 0.6) is 0 Å². The van der Waals surface area contributed by atoms with Gasteiger partial charge in [0.1, 0.15) is 14.2 Å². The molecule has 0 aromatic carbocycles. The molecule has 3 heterocycles. The van der Waals surface area contributed by atoms with Crippen LogP contribution in [0.2, 0.25) is 11.5 Å². The second-order valence-electron chi connectivity index (χ2n) is 5.08. The highest BCUT2D eigenvalue weighted by molar-refractivity contribution is 7.91. The predicted molar refractivity (Wildman–Crippen MR) is 90.5 cm³/mol. The SMILES string of the molecule is [B]CC(=O)N1CCN(S(=O)(=O)c2cc3ccc(Cl)nc3s2)CC1. The summed E-state index contributed by atoms with van der Waals surface area (Å²) in [5.74, 6) is -0.164. The number of hydrogen-bond acceptors (Lipinski definition) is 5. The fraction of sp³-hybridized carbons (Fsp3) is 0.385. The lowest BCUT2D eigenvalue weighted by Crippen LogP contribution is -2.50. The summed E-state index contributed by atoms with van der Waals surface area (Å²) in [6.45, 7) is 1.22. The summed E-state index contributed by atoms with van der Waals surface area (Å²) in [7, 11) is 1.74. The second kappa shape index (κ2) is 6.39. The number of aromatic nitrogens is 1. The zero-order valence-corrected chi connectivity index (χ0v) is 14.5. The Bertz CT molecular complexity index is 847. The zero-order valence-electron chi connectivity index (χ0n) is 12.1. The van der Waals surface area contributed by atoms with Gasteiger partial charge in [-0.2, -0.15) is 4.31 Å². The van der Waals surface area contributed by atoms with E-state index in [0.29, 0.717) is 23.1 Å². The molecule has 120 valence electrons. The average Bonchev–Trinajstić information content (AvgIpc) is 2.98. The van der Waals surface area contributed by atoms with Crippen molar-refractivity contribution in [3.8, 4) is 0 Å². The first kappa shape index (κ1) is 16.7. The second-order valence-corrected chi connectivity index (χ2v) is 8.67. The van der Waals surface area contributed by atoms with Crippen molar-refractivity contribution < 1.29 is 13.2 Å². The molecule has 0 bridgehead atoms. The molecule has 23 heavy (non-hydrogen) atoms. The van der Waals surface area contributed by atoms with Gasteiger partial charge in [0.15, 0.2) is 0 Å². The van der Waals surface area contributed by atoms with E-state index in [1.807, 2.05) is 0 Å². The maximum absolute atomic E-state index is 12.7. The molecule has 3 rings (SSSR count). The molecule has 10 heteroatoms. The Morgan fingerprint density at radius 2 is 2.00 bits per heavy atom. The van der Waals surface area contributed by atoms with Gasteiger partial charge in [0, 0.05) is 31.6 Å². The zero-order chi connectivity index (χ0) is 16.6. The van der Waals surface area contributed by atoms with Crippen molar-refractivity contribution in [1.82, 2.24) is 14.2 Å². The number of hydrogen-bond donors (Lipinski definition) is 0. The number of pyridine rings is 1. The third kappa shape index (κ3) is 3.23. The van der Waals surface area contributed by atoms with Gasteiger partial charge in [-0.1, -0.05) is 11.6 Å². The molecule has 0 unspecified atom stereocenters. The highest BCUT2D eigenvalue weighted by atomic mass is 35.5. The number of amides is 1. The van der Waals surface area contributed by atoms with Crippen molar-refractivity contribution >= 4 is 56.9 Å². The van der Waals surface area contributed by atoms with Crippen LogP contribution in [-0.2, 0) is 14.8 Å². The van der Waals surface area contributed by atoms with E-state index >= 15 is 0 Å². The van der Waals surface area contributed by atoms with Crippen molar-refractivity contribution in [2.45, 2.75) is 10.5 Å². The lowest BCUT2D eigenvalue weighted by atomic mass is 10.0. The minimum absolute atomic E-state index is 0.0600. The van der Waals surface area contributed by atoms with Gasteiger partial charge in [0.25, 0.3) is 10.0 Å². The molecule has 2 radical (unpaired) electrons. The summed E-state index contributed by atoms with van der Waals surface area (Å²) in [4.78, 5) is 17.9. The molecule has 1 aliphatic heterocycles. The molecule has 0 aliphatic carbocycles. The van der Waals surface area contributed by atoms with E-state index in [1.54, 1.807) is 23.1 Å². The molecule has 2 aromatic heterocycles. The molecular weight excluding hydrogens is 357 g/mol. The van der Waals surface area contributed by atoms with Gasteiger partial charge in [-0.25, -0.2) is 13.4 Å². The number of piperazine rings is 1. The molecule has 0 saturated carbocycles. The van der Waals surface area contributed by atoms with E-state index in [9.17, 15) is 13.2 Å². The number of thiophene rings is 1. The third-order valence-corrected chi connectivity index (χ3v) is 7.29. The van der Waals surface area contributed by atoms with Gasteiger partial charge < -0.3 is 4.90 Å². The summed E-state index contributed by atoms with van der Waals surface area (Å²) in [6, 6.07) is 4.98. The topological polar surface area (TPSA) is 70.6 Å². The largest absolute Gasteiger partial charge is 0.341 e. The van der Waals surface area contributed by atoms with E-state index in [-0.39, 0.29) is 29.5 Å². The number of fused-ring (bicyclic) bond motifs is 1. The highest BCUT2D eigenvalue weighted by Crippen LogP contribution is 2.31. The van der Waals surface area contributed by atoms with Crippen LogP contribution in [0.15, 0.2) is 22.4 Å². The van der Waals surface area contributed by atoms with Crippen LogP contribution in [0, 0.1) is 0 Å². The monoisotopic (exact) mass is 369 g/mol. The van der Waals surface area contributed by atoms with Gasteiger partial charge in [-0.15, -0.1) is 11.3 Å². The Morgan fingerprint density at radius 1 is 1.30 bits per heavy atom. The number of nitrogens with zero attached hydrogens (tertiary/aromatic N) is 3. The lowest BCUT2D eigenvalue weighted by molar-refractivity contribution is -0.129. The van der Waals surface area contributed by atoms with Crippen molar-refractivity contribution in [3.63, 3.8) is 0 Å². The van der Waals surface area contributed by atoms with Gasteiger partial charge >= 0.3 is 0 Å². The Balaban J connectivity index is 1.82. The first-order valence-electron chi connectivity index (χ1n) is 6.96. The van der Waals surface area contributed by atoms with Crippen molar-refractivity contribution in [2.75, 3.05) is 26.2 Å². The summed E-state index contributed by atoms with van der Waals surface area (Å²) < 4.78 is 27.1. The standard InChI is InChI=1S/C13H13BClN3O3S2/c14-8-11(19)17-3-5-18(6-4-17)23(20,21)12-7-9-1-2-10(15)16-13(9)22-12/h1-2,7H,3-6,8H2. The number of rotatable bonds is 3. The first-order chi connectivity index (χ1) is 10.9. The third-order valence-electron chi connectivity index (χ3n) is 3.69. The minimum atomic E-state index is -3.59. The molecule has 6 nitrogen and oxygen atoms in total. The molecule has 0 atom stereocenters. The molecule has 2 aromatic rings. The van der Waals surface area contributed by atoms with Crippen molar-refractivity contribution in [3.05, 3.63) is 23.4 Å². The summed E-state index contributed by atoms with van der Waals surface area (Å²) in [6.07, 6.45) is -0.0600. The molecular formula is C13H13BClN3O3S2. The van der Waals surface area contributed by atoms with Gasteiger partial charge in [0.2, 0.25) is 5.91 Å². The van der Waals surface area contributed by atoms with Gasteiger partial charge in [0.05, 0.1) is 7.85 Å².